The fourth-order valence-corrected chi connectivity index (χ4v) is 5.53. The lowest BCUT2D eigenvalue weighted by atomic mass is 10.0. The number of ketones is 1. The summed E-state index contributed by atoms with van der Waals surface area (Å²) in [5, 5.41) is 2.52. The minimum atomic E-state index is -1.50. The van der Waals surface area contributed by atoms with Crippen molar-refractivity contribution < 1.29 is 22.8 Å². The third kappa shape index (κ3) is 5.13. The van der Waals surface area contributed by atoms with Crippen LogP contribution in [0.25, 0.3) is 0 Å². The molecule has 4 rings (SSSR count). The summed E-state index contributed by atoms with van der Waals surface area (Å²) in [5.41, 5.74) is 4.48. The SMILES string of the molecule is Nc1ccc(F)c(CC(=O)c2cc(NC(=O)[C@H]3[C@H](c4cc(Cl)cc(Cl)c4)C3(Cl)Cl)cc(F)c2Cl)c1F. The number of carbonyl (C=O) groups excluding carboxylic acids is 2. The Bertz CT molecular complexity index is 1400. The van der Waals surface area contributed by atoms with Gasteiger partial charge in [0.2, 0.25) is 5.91 Å². The summed E-state index contributed by atoms with van der Waals surface area (Å²) < 4.78 is 41.4. The molecule has 0 radical (unpaired) electrons. The number of anilines is 2. The van der Waals surface area contributed by atoms with E-state index in [2.05, 4.69) is 5.32 Å². The van der Waals surface area contributed by atoms with Crippen molar-refractivity contribution in [1.29, 1.82) is 0 Å². The van der Waals surface area contributed by atoms with Gasteiger partial charge < -0.3 is 11.1 Å². The average Bonchev–Trinajstić information content (AvgIpc) is 3.37. The summed E-state index contributed by atoms with van der Waals surface area (Å²) in [6.07, 6.45) is -0.786. The van der Waals surface area contributed by atoms with Crippen molar-refractivity contribution in [3.8, 4) is 0 Å². The predicted molar refractivity (Wildman–Crippen MR) is 136 cm³/mol. The number of nitrogens with two attached hydrogens (primary N) is 1. The molecule has 0 saturated heterocycles. The Labute approximate surface area is 228 Å². The van der Waals surface area contributed by atoms with Crippen LogP contribution in [0.5, 0.6) is 0 Å². The zero-order chi connectivity index (χ0) is 26.5. The van der Waals surface area contributed by atoms with Gasteiger partial charge in [-0.2, -0.15) is 0 Å². The van der Waals surface area contributed by atoms with Crippen LogP contribution in [0.15, 0.2) is 42.5 Å². The van der Waals surface area contributed by atoms with E-state index in [1.165, 1.54) is 6.07 Å². The third-order valence-corrected chi connectivity index (χ3v) is 7.49. The maximum atomic E-state index is 14.5. The van der Waals surface area contributed by atoms with Gasteiger partial charge in [-0.15, -0.1) is 23.2 Å². The number of amides is 1. The molecule has 0 unspecified atom stereocenters. The molecular weight excluding hydrogens is 583 g/mol. The predicted octanol–water partition coefficient (Wildman–Crippen LogP) is 7.60. The molecule has 0 bridgehead atoms. The average molecular weight is 597 g/mol. The van der Waals surface area contributed by atoms with Crippen molar-refractivity contribution in [2.24, 2.45) is 5.92 Å². The van der Waals surface area contributed by atoms with Crippen molar-refractivity contribution in [1.82, 2.24) is 0 Å². The van der Waals surface area contributed by atoms with E-state index in [-0.39, 0.29) is 11.4 Å². The van der Waals surface area contributed by atoms with Crippen molar-refractivity contribution >= 4 is 81.1 Å². The number of nitrogen functional groups attached to an aromatic ring is 1. The van der Waals surface area contributed by atoms with Crippen molar-refractivity contribution in [2.75, 3.05) is 11.1 Å². The van der Waals surface area contributed by atoms with Gasteiger partial charge in [-0.05, 0) is 48.0 Å². The van der Waals surface area contributed by atoms with Gasteiger partial charge in [0.05, 0.1) is 16.6 Å². The monoisotopic (exact) mass is 594 g/mol. The van der Waals surface area contributed by atoms with Gasteiger partial charge >= 0.3 is 0 Å². The number of Topliss-reactive ketones (excluding diaryl/α,β-unsaturated/α-hetero) is 1. The summed E-state index contributed by atoms with van der Waals surface area (Å²) in [6.45, 7) is 0. The van der Waals surface area contributed by atoms with E-state index >= 15 is 0 Å². The molecule has 0 aromatic heterocycles. The van der Waals surface area contributed by atoms with Crippen molar-refractivity contribution in [3.63, 3.8) is 0 Å². The third-order valence-electron chi connectivity index (χ3n) is 5.73. The maximum absolute atomic E-state index is 14.5. The highest BCUT2D eigenvalue weighted by Crippen LogP contribution is 2.65. The molecule has 1 aliphatic rings. The first kappa shape index (κ1) is 26.9. The van der Waals surface area contributed by atoms with Crippen LogP contribution in [-0.4, -0.2) is 16.0 Å². The number of halogens is 8. The van der Waals surface area contributed by atoms with Gasteiger partial charge in [0, 0.05) is 39.2 Å². The second-order valence-electron chi connectivity index (χ2n) is 8.17. The zero-order valence-electron chi connectivity index (χ0n) is 17.8. The molecule has 3 aromatic rings. The molecule has 0 aliphatic heterocycles. The first-order valence-electron chi connectivity index (χ1n) is 10.2. The molecule has 1 amide bonds. The summed E-state index contributed by atoms with van der Waals surface area (Å²) >= 11 is 30.7. The molecule has 36 heavy (non-hydrogen) atoms. The lowest BCUT2D eigenvalue weighted by molar-refractivity contribution is -0.117. The molecule has 188 valence electrons. The molecule has 12 heteroatoms. The molecule has 1 fully saturated rings. The minimum absolute atomic E-state index is 0.141. The smallest absolute Gasteiger partial charge is 0.231 e. The topological polar surface area (TPSA) is 72.2 Å². The number of carbonyl (C=O) groups is 2. The summed E-state index contributed by atoms with van der Waals surface area (Å²) in [7, 11) is 0. The number of hydrogen-bond donors (Lipinski definition) is 2. The van der Waals surface area contributed by atoms with E-state index in [9.17, 15) is 22.8 Å². The largest absolute Gasteiger partial charge is 0.396 e. The van der Waals surface area contributed by atoms with Crippen LogP contribution in [0.3, 0.4) is 0 Å². The number of nitrogens with one attached hydrogen (secondary N) is 1. The van der Waals surface area contributed by atoms with E-state index in [1.54, 1.807) is 12.1 Å². The van der Waals surface area contributed by atoms with Crippen LogP contribution in [-0.2, 0) is 11.2 Å². The molecule has 0 heterocycles. The van der Waals surface area contributed by atoms with E-state index < -0.39 is 67.9 Å². The quantitative estimate of drug-likeness (QED) is 0.175. The van der Waals surface area contributed by atoms with Gasteiger partial charge in [-0.1, -0.05) is 34.8 Å². The molecule has 3 aromatic carbocycles. The van der Waals surface area contributed by atoms with Crippen LogP contribution >= 0.6 is 58.0 Å². The fraction of sp³-hybridized carbons (Fsp3) is 0.167. The lowest BCUT2D eigenvalue weighted by Crippen LogP contribution is -2.18. The Morgan fingerprint density at radius 2 is 1.58 bits per heavy atom. The molecule has 0 spiro atoms. The van der Waals surface area contributed by atoms with Crippen molar-refractivity contribution in [2.45, 2.75) is 16.7 Å². The van der Waals surface area contributed by atoms with Gasteiger partial charge in [0.15, 0.2) is 11.6 Å². The Balaban J connectivity index is 1.58. The fourth-order valence-electron chi connectivity index (χ4n) is 3.94. The molecule has 2 atom stereocenters. The van der Waals surface area contributed by atoms with Crippen LogP contribution in [0.2, 0.25) is 15.1 Å². The zero-order valence-corrected chi connectivity index (χ0v) is 21.6. The second-order valence-corrected chi connectivity index (χ2v) is 10.9. The molecule has 3 N–H and O–H groups in total. The summed E-state index contributed by atoms with van der Waals surface area (Å²) in [5.74, 6) is -6.34. The normalized spacial score (nSPS) is 18.1. The van der Waals surface area contributed by atoms with E-state index in [1.807, 2.05) is 0 Å². The number of benzene rings is 3. The van der Waals surface area contributed by atoms with Crippen LogP contribution in [0.1, 0.15) is 27.4 Å². The Hall–Kier alpha value is -2.16. The van der Waals surface area contributed by atoms with Gasteiger partial charge in [0.1, 0.15) is 16.0 Å². The second kappa shape index (κ2) is 9.95. The number of hydrogen-bond acceptors (Lipinski definition) is 3. The standard InChI is InChI=1S/C24H14Cl5F3N2O2/c25-10-3-9(4-11(26)5-10)19-20(24(19,28)29)23(36)34-12-6-14(21(27)16(31)7-12)18(35)8-13-15(30)1-2-17(33)22(13)32/h1-7,19-20H,8,33H2,(H,34,36)/t19-,20+/m0/s1. The van der Waals surface area contributed by atoms with Gasteiger partial charge in [-0.25, -0.2) is 13.2 Å². The lowest BCUT2D eigenvalue weighted by Gasteiger charge is -2.11. The molecule has 4 nitrogen and oxygen atoms in total. The highest BCUT2D eigenvalue weighted by molar-refractivity contribution is 6.53. The van der Waals surface area contributed by atoms with Crippen LogP contribution in [0.4, 0.5) is 24.5 Å². The highest BCUT2D eigenvalue weighted by atomic mass is 35.5. The van der Waals surface area contributed by atoms with Crippen LogP contribution in [0, 0.1) is 23.4 Å². The molecule has 1 aliphatic carbocycles. The number of alkyl halides is 2. The van der Waals surface area contributed by atoms with E-state index in [4.69, 9.17) is 63.7 Å². The Kier molecular flexibility index (Phi) is 7.43. The van der Waals surface area contributed by atoms with Gasteiger partial charge in [-0.3, -0.25) is 9.59 Å². The van der Waals surface area contributed by atoms with Crippen LogP contribution < -0.4 is 11.1 Å². The van der Waals surface area contributed by atoms with E-state index in [0.29, 0.717) is 15.6 Å². The summed E-state index contributed by atoms with van der Waals surface area (Å²) in [6, 6.07) is 8.53. The van der Waals surface area contributed by atoms with Gasteiger partial charge in [0.25, 0.3) is 0 Å². The highest BCUT2D eigenvalue weighted by Gasteiger charge is 2.67. The van der Waals surface area contributed by atoms with E-state index in [0.717, 1.165) is 24.3 Å². The molecule has 1 saturated carbocycles. The molecular formula is C24H14Cl5F3N2O2. The minimum Gasteiger partial charge on any atom is -0.396 e. The maximum Gasteiger partial charge on any atom is 0.231 e. The van der Waals surface area contributed by atoms with Crippen molar-refractivity contribution in [3.05, 3.63) is 91.7 Å². The first-order valence-corrected chi connectivity index (χ1v) is 12.1. The Morgan fingerprint density at radius 1 is 0.944 bits per heavy atom. The summed E-state index contributed by atoms with van der Waals surface area (Å²) in [4.78, 5) is 25.7. The number of rotatable bonds is 6. The first-order chi connectivity index (χ1) is 16.8. The Morgan fingerprint density at radius 3 is 2.22 bits per heavy atom.